The quantitative estimate of drug-likeness (QED) is 0.734. The van der Waals surface area contributed by atoms with Crippen LogP contribution in [-0.4, -0.2) is 41.9 Å². The Labute approximate surface area is 138 Å². The monoisotopic (exact) mass is 319 g/mol. The largest absolute Gasteiger partial charge is 0.370 e. The highest BCUT2D eigenvalue weighted by Crippen LogP contribution is 2.29. The summed E-state index contributed by atoms with van der Waals surface area (Å²) in [4.78, 5) is 25.4. The number of nitriles is 1. The second-order valence-electron chi connectivity index (χ2n) is 6.72. The van der Waals surface area contributed by atoms with Gasteiger partial charge in [-0.15, -0.1) is 0 Å². The SMILES string of the molecule is N#CC1(N(CCC(N)=O)C(=O)[CH]CC2CCCCC2)CCNC1. The van der Waals surface area contributed by atoms with E-state index in [1.807, 2.05) is 0 Å². The zero-order chi connectivity index (χ0) is 16.7. The van der Waals surface area contributed by atoms with Gasteiger partial charge in [-0.3, -0.25) is 9.59 Å². The van der Waals surface area contributed by atoms with Gasteiger partial charge in [-0.2, -0.15) is 5.26 Å². The van der Waals surface area contributed by atoms with Crippen molar-refractivity contribution in [1.82, 2.24) is 10.2 Å². The number of hydrogen-bond acceptors (Lipinski definition) is 4. The second kappa shape index (κ2) is 8.30. The molecule has 2 fully saturated rings. The van der Waals surface area contributed by atoms with Crippen LogP contribution in [-0.2, 0) is 9.59 Å². The Morgan fingerprint density at radius 2 is 2.09 bits per heavy atom. The van der Waals surface area contributed by atoms with Crippen molar-refractivity contribution in [2.24, 2.45) is 11.7 Å². The van der Waals surface area contributed by atoms with Crippen molar-refractivity contribution in [3.05, 3.63) is 6.42 Å². The average molecular weight is 319 g/mol. The van der Waals surface area contributed by atoms with E-state index in [1.165, 1.54) is 32.1 Å². The first-order valence-corrected chi connectivity index (χ1v) is 8.62. The molecule has 23 heavy (non-hydrogen) atoms. The maximum absolute atomic E-state index is 12.7. The molecule has 2 rings (SSSR count). The topological polar surface area (TPSA) is 99.2 Å². The number of carbonyl (C=O) groups excluding carboxylic acids is 2. The lowest BCUT2D eigenvalue weighted by Crippen LogP contribution is -2.53. The Morgan fingerprint density at radius 3 is 2.65 bits per heavy atom. The van der Waals surface area contributed by atoms with E-state index in [1.54, 1.807) is 11.3 Å². The molecule has 1 unspecified atom stereocenters. The van der Waals surface area contributed by atoms with Gasteiger partial charge in [-0.05, 0) is 25.3 Å². The van der Waals surface area contributed by atoms with Crippen molar-refractivity contribution in [2.75, 3.05) is 19.6 Å². The summed E-state index contributed by atoms with van der Waals surface area (Å²) >= 11 is 0. The highest BCUT2D eigenvalue weighted by Gasteiger charge is 2.42. The van der Waals surface area contributed by atoms with Crippen molar-refractivity contribution in [3.63, 3.8) is 0 Å². The first kappa shape index (κ1) is 17.7. The number of carbonyl (C=O) groups is 2. The van der Waals surface area contributed by atoms with Crippen molar-refractivity contribution in [3.8, 4) is 6.07 Å². The summed E-state index contributed by atoms with van der Waals surface area (Å²) < 4.78 is 0. The van der Waals surface area contributed by atoms with E-state index < -0.39 is 11.4 Å². The second-order valence-corrected chi connectivity index (χ2v) is 6.72. The van der Waals surface area contributed by atoms with Crippen LogP contribution in [0.5, 0.6) is 0 Å². The normalized spacial score (nSPS) is 25.0. The van der Waals surface area contributed by atoms with Crippen molar-refractivity contribution in [1.29, 1.82) is 5.26 Å². The predicted molar refractivity (Wildman–Crippen MR) is 86.8 cm³/mol. The first-order chi connectivity index (χ1) is 11.1. The van der Waals surface area contributed by atoms with Gasteiger partial charge in [0.2, 0.25) is 11.8 Å². The number of nitrogens with zero attached hydrogens (tertiary/aromatic N) is 2. The van der Waals surface area contributed by atoms with Crippen LogP contribution in [0.2, 0.25) is 0 Å². The molecule has 0 aromatic heterocycles. The lowest BCUT2D eigenvalue weighted by atomic mass is 9.85. The Bertz CT molecular complexity index is 460. The summed E-state index contributed by atoms with van der Waals surface area (Å²) in [6.45, 7) is 1.37. The molecule has 0 spiro atoms. The van der Waals surface area contributed by atoms with Gasteiger partial charge in [0.1, 0.15) is 5.54 Å². The molecule has 1 saturated heterocycles. The third kappa shape index (κ3) is 4.68. The van der Waals surface area contributed by atoms with Crippen molar-refractivity contribution < 1.29 is 9.59 Å². The molecule has 127 valence electrons. The highest BCUT2D eigenvalue weighted by molar-refractivity contribution is 5.86. The predicted octanol–water partition coefficient (Wildman–Crippen LogP) is 1.12. The highest BCUT2D eigenvalue weighted by atomic mass is 16.2. The van der Waals surface area contributed by atoms with Crippen LogP contribution in [0.15, 0.2) is 0 Å². The number of rotatable bonds is 7. The molecule has 0 aromatic carbocycles. The minimum Gasteiger partial charge on any atom is -0.370 e. The van der Waals surface area contributed by atoms with Gasteiger partial charge in [0.05, 0.1) is 12.5 Å². The van der Waals surface area contributed by atoms with Crippen LogP contribution in [0.4, 0.5) is 0 Å². The summed E-state index contributed by atoms with van der Waals surface area (Å²) in [5.74, 6) is -0.0124. The number of primary amides is 1. The fraction of sp³-hybridized carbons (Fsp3) is 0.765. The number of amides is 2. The minimum absolute atomic E-state index is 0.0897. The third-order valence-electron chi connectivity index (χ3n) is 5.06. The number of hydrogen-bond donors (Lipinski definition) is 2. The number of nitrogens with one attached hydrogen (secondary N) is 1. The van der Waals surface area contributed by atoms with E-state index in [4.69, 9.17) is 5.73 Å². The summed E-state index contributed by atoms with van der Waals surface area (Å²) in [6, 6.07) is 2.29. The fourth-order valence-corrected chi connectivity index (χ4v) is 3.62. The molecule has 0 bridgehead atoms. The maximum Gasteiger partial charge on any atom is 0.227 e. The standard InChI is InChI=1S/C17H27N4O2/c18-12-17(9-10-20-13-17)21(11-8-15(19)22)16(23)7-6-14-4-2-1-3-5-14/h7,14,20H,1-6,8-11,13H2,(H2,19,22). The Balaban J connectivity index is 1.98. The maximum atomic E-state index is 12.7. The van der Waals surface area contributed by atoms with Crippen LogP contribution >= 0.6 is 0 Å². The van der Waals surface area contributed by atoms with E-state index in [-0.39, 0.29) is 18.9 Å². The van der Waals surface area contributed by atoms with E-state index in [0.29, 0.717) is 25.4 Å². The molecule has 2 amide bonds. The fourth-order valence-electron chi connectivity index (χ4n) is 3.62. The molecule has 1 heterocycles. The van der Waals surface area contributed by atoms with Crippen LogP contribution in [0.3, 0.4) is 0 Å². The van der Waals surface area contributed by atoms with E-state index in [0.717, 1.165) is 6.42 Å². The van der Waals surface area contributed by atoms with Gasteiger partial charge in [-0.25, -0.2) is 0 Å². The Hall–Kier alpha value is -1.61. The lowest BCUT2D eigenvalue weighted by molar-refractivity contribution is -0.132. The third-order valence-corrected chi connectivity index (χ3v) is 5.06. The van der Waals surface area contributed by atoms with Crippen molar-refractivity contribution >= 4 is 11.8 Å². The molecule has 1 atom stereocenters. The van der Waals surface area contributed by atoms with E-state index >= 15 is 0 Å². The molecule has 3 N–H and O–H groups in total. The van der Waals surface area contributed by atoms with Gasteiger partial charge < -0.3 is 16.0 Å². The van der Waals surface area contributed by atoms with E-state index in [2.05, 4.69) is 11.4 Å². The molecule has 1 radical (unpaired) electrons. The average Bonchev–Trinajstić information content (AvgIpc) is 3.04. The zero-order valence-electron chi connectivity index (χ0n) is 13.7. The Morgan fingerprint density at radius 1 is 1.35 bits per heavy atom. The number of nitrogens with two attached hydrogens (primary N) is 1. The molecule has 6 heteroatoms. The summed E-state index contributed by atoms with van der Waals surface area (Å²) in [7, 11) is 0. The van der Waals surface area contributed by atoms with Gasteiger partial charge in [-0.1, -0.05) is 32.1 Å². The first-order valence-electron chi connectivity index (χ1n) is 8.62. The molecular formula is C17H27N4O2. The Kier molecular flexibility index (Phi) is 6.40. The van der Waals surface area contributed by atoms with Crippen LogP contribution in [0, 0.1) is 23.7 Å². The summed E-state index contributed by atoms with van der Waals surface area (Å²) in [6.07, 6.45) is 9.28. The molecule has 2 aliphatic rings. The van der Waals surface area contributed by atoms with Crippen LogP contribution in [0.25, 0.3) is 0 Å². The lowest BCUT2D eigenvalue weighted by Gasteiger charge is -2.35. The van der Waals surface area contributed by atoms with Crippen LogP contribution in [0.1, 0.15) is 51.4 Å². The molecular weight excluding hydrogens is 292 g/mol. The minimum atomic E-state index is -0.852. The van der Waals surface area contributed by atoms with E-state index in [9.17, 15) is 14.9 Å². The zero-order valence-corrected chi connectivity index (χ0v) is 13.7. The molecule has 1 aliphatic heterocycles. The molecule has 1 aliphatic carbocycles. The summed E-state index contributed by atoms with van der Waals surface area (Å²) in [5, 5.41) is 12.8. The molecule has 6 nitrogen and oxygen atoms in total. The molecule has 1 saturated carbocycles. The van der Waals surface area contributed by atoms with Gasteiger partial charge in [0.25, 0.3) is 0 Å². The smallest absolute Gasteiger partial charge is 0.227 e. The molecule has 0 aromatic rings. The summed E-state index contributed by atoms with van der Waals surface area (Å²) in [5.41, 5.74) is 4.38. The van der Waals surface area contributed by atoms with Crippen molar-refractivity contribution in [2.45, 2.75) is 56.9 Å². The van der Waals surface area contributed by atoms with Crippen LogP contribution < -0.4 is 11.1 Å². The van der Waals surface area contributed by atoms with Gasteiger partial charge in [0.15, 0.2) is 0 Å². The van der Waals surface area contributed by atoms with Gasteiger partial charge in [0, 0.05) is 19.5 Å². The van der Waals surface area contributed by atoms with Gasteiger partial charge >= 0.3 is 0 Å².